The highest BCUT2D eigenvalue weighted by molar-refractivity contribution is 6.33. The van der Waals surface area contributed by atoms with Gasteiger partial charge in [0.15, 0.2) is 31.3 Å². The predicted molar refractivity (Wildman–Crippen MR) is 116 cm³/mol. The molecule has 2 nitrogen and oxygen atoms in total. The third kappa shape index (κ3) is 17.4. The molecule has 0 spiro atoms. The van der Waals surface area contributed by atoms with Gasteiger partial charge >= 0.3 is 15.1 Å². The molecule has 2 saturated carbocycles. The van der Waals surface area contributed by atoms with Gasteiger partial charge in [0.1, 0.15) is 7.05 Å². The number of nitrogens with zero attached hydrogens (tertiary/aromatic N) is 2. The molecule has 0 atom stereocenters. The van der Waals surface area contributed by atoms with Gasteiger partial charge in [0.25, 0.3) is 0 Å². The Bertz CT molecular complexity index is 693. The van der Waals surface area contributed by atoms with E-state index in [2.05, 4.69) is 58.2 Å². The van der Waals surface area contributed by atoms with Gasteiger partial charge in [0, 0.05) is 30.2 Å². The third-order valence-corrected chi connectivity index (χ3v) is 5.40. The standard InChI is InChI=1S/C17H22N2.C5H10.2BF3.2FH/c1-18-10-6-16(7-11-18)17-8-12-19(13-9-17)14-15-4-2-3-5-15;1-2-4-5-3-1;2*2-1(3)4;;/h6-13,15H,2-5,14H2,1H3;1-5H2;;;2*1H/q+2;;;;;/p-2. The van der Waals surface area contributed by atoms with E-state index in [0.29, 0.717) is 0 Å². The summed E-state index contributed by atoms with van der Waals surface area (Å²) in [5.41, 5.74) is 2.58. The average Bonchev–Trinajstić information content (AvgIpc) is 3.46. The van der Waals surface area contributed by atoms with Gasteiger partial charge < -0.3 is 9.41 Å². The zero-order valence-corrected chi connectivity index (χ0v) is 19.3. The summed E-state index contributed by atoms with van der Waals surface area (Å²) >= 11 is 0. The highest BCUT2D eigenvalue weighted by Crippen LogP contribution is 2.24. The quantitative estimate of drug-likeness (QED) is 0.329. The second kappa shape index (κ2) is 20.3. The molecule has 0 saturated heterocycles. The maximum atomic E-state index is 9.67. The van der Waals surface area contributed by atoms with Crippen LogP contribution in [0.5, 0.6) is 0 Å². The molecule has 34 heavy (non-hydrogen) atoms. The van der Waals surface area contributed by atoms with E-state index in [1.54, 1.807) is 0 Å². The molecule has 0 amide bonds. The first kappa shape index (κ1) is 34.0. The molecule has 2 aliphatic carbocycles. The third-order valence-electron chi connectivity index (χ3n) is 5.40. The summed E-state index contributed by atoms with van der Waals surface area (Å²) in [4.78, 5) is 0. The van der Waals surface area contributed by atoms with Gasteiger partial charge in [-0.25, -0.2) is 9.13 Å². The number of aryl methyl sites for hydroxylation is 1. The van der Waals surface area contributed by atoms with Crippen molar-refractivity contribution in [3.63, 3.8) is 0 Å². The van der Waals surface area contributed by atoms with E-state index >= 15 is 0 Å². The molecule has 0 bridgehead atoms. The van der Waals surface area contributed by atoms with Crippen LogP contribution in [0.15, 0.2) is 49.1 Å². The molecule has 0 N–H and O–H groups in total. The van der Waals surface area contributed by atoms with Gasteiger partial charge in [-0.1, -0.05) is 44.9 Å². The summed E-state index contributed by atoms with van der Waals surface area (Å²) in [5, 5.41) is 0. The van der Waals surface area contributed by atoms with E-state index in [1.165, 1.54) is 75.5 Å². The van der Waals surface area contributed by atoms with Gasteiger partial charge in [0.2, 0.25) is 0 Å². The van der Waals surface area contributed by atoms with E-state index < -0.39 is 15.1 Å². The molecule has 0 radical (unpaired) electrons. The number of hydrogen-bond donors (Lipinski definition) is 0. The predicted octanol–water partition coefficient (Wildman–Crippen LogP) is 0.374. The summed E-state index contributed by atoms with van der Waals surface area (Å²) in [5.74, 6) is 0.895. The fraction of sp³-hybridized carbons (Fsp3) is 0.545. The molecule has 2 fully saturated rings. The van der Waals surface area contributed by atoms with Gasteiger partial charge in [-0.15, -0.1) is 0 Å². The highest BCUT2D eigenvalue weighted by atomic mass is 19.4. The molecule has 192 valence electrons. The first-order valence-electron chi connectivity index (χ1n) is 11.1. The maximum Gasteiger partial charge on any atom is 0.762 e. The Morgan fingerprint density at radius 1 is 0.647 bits per heavy atom. The van der Waals surface area contributed by atoms with Crippen molar-refractivity contribution in [2.75, 3.05) is 0 Å². The van der Waals surface area contributed by atoms with Crippen LogP contribution in [0.2, 0.25) is 0 Å². The van der Waals surface area contributed by atoms with Crippen LogP contribution in [-0.2, 0) is 13.6 Å². The maximum absolute atomic E-state index is 9.67. The van der Waals surface area contributed by atoms with Gasteiger partial charge in [-0.3, -0.25) is 25.9 Å². The fourth-order valence-corrected chi connectivity index (χ4v) is 3.84. The Morgan fingerprint density at radius 2 is 0.971 bits per heavy atom. The molecule has 4 rings (SSSR count). The van der Waals surface area contributed by atoms with Crippen LogP contribution < -0.4 is 18.5 Å². The number of halogens is 8. The van der Waals surface area contributed by atoms with E-state index in [0.717, 1.165) is 5.92 Å². The summed E-state index contributed by atoms with van der Waals surface area (Å²) < 4.78 is 62.4. The van der Waals surface area contributed by atoms with Crippen molar-refractivity contribution >= 4 is 15.1 Å². The van der Waals surface area contributed by atoms with Crippen molar-refractivity contribution < 1.29 is 44.4 Å². The lowest BCUT2D eigenvalue weighted by Gasteiger charge is -2.05. The summed E-state index contributed by atoms with van der Waals surface area (Å²) in [6.45, 7) is 1.18. The lowest BCUT2D eigenvalue weighted by molar-refractivity contribution is -0.703. The van der Waals surface area contributed by atoms with Crippen LogP contribution in [0, 0.1) is 5.92 Å². The minimum Gasteiger partial charge on any atom is -1.00 e. The topological polar surface area (TPSA) is 7.76 Å². The molecule has 2 heterocycles. The van der Waals surface area contributed by atoms with E-state index in [1.807, 2.05) is 7.05 Å². The number of pyridine rings is 2. The summed E-state index contributed by atoms with van der Waals surface area (Å²) in [6.07, 6.45) is 21.8. The van der Waals surface area contributed by atoms with Crippen molar-refractivity contribution in [1.82, 2.24) is 0 Å². The SMILES string of the molecule is C1CCCC1.C[n+]1ccc(-c2cc[n+](CC3CCCC3)cc2)cc1.FB(F)F.FB(F)F.[F-].[F-]. The molecule has 0 unspecified atom stereocenters. The Labute approximate surface area is 197 Å². The smallest absolute Gasteiger partial charge is 0.762 e. The Hall–Kier alpha value is -2.13. The van der Waals surface area contributed by atoms with Gasteiger partial charge in [0.05, 0.1) is 0 Å². The second-order valence-electron chi connectivity index (χ2n) is 7.95. The van der Waals surface area contributed by atoms with Crippen molar-refractivity contribution in [2.45, 2.75) is 64.3 Å². The molecular formula is C22H32B2F8N2. The van der Waals surface area contributed by atoms with Crippen molar-refractivity contribution in [3.05, 3.63) is 49.1 Å². The normalized spacial score (nSPS) is 14.0. The van der Waals surface area contributed by atoms with Crippen LogP contribution >= 0.6 is 0 Å². The van der Waals surface area contributed by atoms with Crippen LogP contribution in [0.3, 0.4) is 0 Å². The summed E-state index contributed by atoms with van der Waals surface area (Å²) in [6, 6.07) is 8.78. The minimum atomic E-state index is -3.67. The molecule has 2 aliphatic rings. The highest BCUT2D eigenvalue weighted by Gasteiger charge is 2.19. The number of aromatic nitrogens is 2. The largest absolute Gasteiger partial charge is 1.00 e. The summed E-state index contributed by atoms with van der Waals surface area (Å²) in [7, 11) is -5.29. The monoisotopic (exact) mass is 498 g/mol. The van der Waals surface area contributed by atoms with Crippen LogP contribution in [0.25, 0.3) is 11.1 Å². The van der Waals surface area contributed by atoms with Crippen molar-refractivity contribution in [1.29, 1.82) is 0 Å². The van der Waals surface area contributed by atoms with Crippen LogP contribution in [0.4, 0.5) is 25.9 Å². The Morgan fingerprint density at radius 3 is 1.32 bits per heavy atom. The molecule has 2 aromatic heterocycles. The van der Waals surface area contributed by atoms with Gasteiger partial charge in [-0.2, -0.15) is 0 Å². The van der Waals surface area contributed by atoms with Crippen LogP contribution in [-0.4, -0.2) is 15.1 Å². The van der Waals surface area contributed by atoms with Crippen LogP contribution in [0.1, 0.15) is 57.8 Å². The van der Waals surface area contributed by atoms with Crippen molar-refractivity contribution in [2.24, 2.45) is 13.0 Å². The van der Waals surface area contributed by atoms with Crippen molar-refractivity contribution in [3.8, 4) is 11.1 Å². The first-order valence-corrected chi connectivity index (χ1v) is 11.1. The second-order valence-corrected chi connectivity index (χ2v) is 7.95. The zero-order valence-electron chi connectivity index (χ0n) is 19.3. The lowest BCUT2D eigenvalue weighted by atomic mass is 10.1. The molecular weight excluding hydrogens is 466 g/mol. The Balaban J connectivity index is 0. The molecule has 0 aromatic carbocycles. The minimum absolute atomic E-state index is 0. The first-order chi connectivity index (χ1) is 15.3. The number of hydrogen-bond acceptors (Lipinski definition) is 0. The Kier molecular flexibility index (Phi) is 20.3. The van der Waals surface area contributed by atoms with E-state index in [4.69, 9.17) is 0 Å². The van der Waals surface area contributed by atoms with E-state index in [-0.39, 0.29) is 9.41 Å². The molecule has 2 aromatic rings. The fourth-order valence-electron chi connectivity index (χ4n) is 3.84. The average molecular weight is 498 g/mol. The van der Waals surface area contributed by atoms with E-state index in [9.17, 15) is 25.9 Å². The lowest BCUT2D eigenvalue weighted by Crippen LogP contribution is -3.00. The molecule has 12 heteroatoms. The number of rotatable bonds is 3. The van der Waals surface area contributed by atoms with Gasteiger partial charge in [-0.05, 0) is 24.0 Å². The zero-order chi connectivity index (χ0) is 23.8. The molecule has 0 aliphatic heterocycles.